The van der Waals surface area contributed by atoms with Gasteiger partial charge in [0, 0.05) is 5.54 Å². The predicted molar refractivity (Wildman–Crippen MR) is 65.9 cm³/mol. The number of rotatable bonds is 6. The number of carbonyl (C=O) groups is 1. The molecule has 0 spiro atoms. The van der Waals surface area contributed by atoms with Gasteiger partial charge in [-0.3, -0.25) is 4.79 Å². The third-order valence-electron chi connectivity index (χ3n) is 2.02. The number of nitrogens with one attached hydrogen (secondary N) is 2. The molecular formula is C10H22N2O4S. The van der Waals surface area contributed by atoms with Crippen LogP contribution in [0.2, 0.25) is 0 Å². The maximum atomic E-state index is 11.8. The lowest BCUT2D eigenvalue weighted by Gasteiger charge is -2.28. The fourth-order valence-electron chi connectivity index (χ4n) is 1.43. The van der Waals surface area contributed by atoms with Gasteiger partial charge in [-0.15, -0.1) is 0 Å². The summed E-state index contributed by atoms with van der Waals surface area (Å²) in [5.74, 6) is -1.18. The highest BCUT2D eigenvalue weighted by Gasteiger charge is 2.37. The Hall–Kier alpha value is -0.660. The molecule has 0 fully saturated rings. The number of carboxylic acids is 1. The molecule has 0 bridgehead atoms. The van der Waals surface area contributed by atoms with Gasteiger partial charge in [0.25, 0.3) is 10.2 Å². The van der Waals surface area contributed by atoms with Crippen LogP contribution in [0.1, 0.15) is 47.5 Å². The van der Waals surface area contributed by atoms with Crippen LogP contribution in [0.25, 0.3) is 0 Å². The second kappa shape index (κ2) is 5.32. The van der Waals surface area contributed by atoms with E-state index in [9.17, 15) is 13.2 Å². The lowest BCUT2D eigenvalue weighted by Crippen LogP contribution is -2.58. The van der Waals surface area contributed by atoms with Crippen molar-refractivity contribution in [2.45, 2.75) is 58.5 Å². The minimum Gasteiger partial charge on any atom is -0.480 e. The van der Waals surface area contributed by atoms with Gasteiger partial charge in [-0.05, 0) is 34.1 Å². The van der Waals surface area contributed by atoms with Crippen LogP contribution in [0.3, 0.4) is 0 Å². The van der Waals surface area contributed by atoms with E-state index < -0.39 is 27.3 Å². The Labute approximate surface area is 103 Å². The fraction of sp³-hybridized carbons (Fsp3) is 0.900. The summed E-state index contributed by atoms with van der Waals surface area (Å²) in [5.41, 5.74) is -2.14. The second-order valence-corrected chi connectivity index (χ2v) is 6.76. The van der Waals surface area contributed by atoms with Crippen molar-refractivity contribution in [3.8, 4) is 0 Å². The molecule has 0 rings (SSSR count). The molecule has 0 radical (unpaired) electrons. The third-order valence-corrected chi connectivity index (χ3v) is 3.62. The summed E-state index contributed by atoms with van der Waals surface area (Å²) in [6.45, 7) is 8.21. The average Bonchev–Trinajstić information content (AvgIpc) is 1.97. The smallest absolute Gasteiger partial charge is 0.324 e. The first kappa shape index (κ1) is 16.3. The van der Waals surface area contributed by atoms with Gasteiger partial charge in [0.1, 0.15) is 5.54 Å². The molecule has 17 heavy (non-hydrogen) atoms. The molecule has 0 aromatic heterocycles. The molecule has 1 unspecified atom stereocenters. The van der Waals surface area contributed by atoms with E-state index >= 15 is 0 Å². The molecule has 7 heteroatoms. The van der Waals surface area contributed by atoms with Crippen molar-refractivity contribution in [1.82, 2.24) is 9.44 Å². The van der Waals surface area contributed by atoms with Gasteiger partial charge < -0.3 is 5.11 Å². The summed E-state index contributed by atoms with van der Waals surface area (Å²) in [6, 6.07) is 0. The fourth-order valence-corrected chi connectivity index (χ4v) is 3.07. The molecule has 0 aliphatic heterocycles. The molecule has 0 aliphatic carbocycles. The first-order valence-electron chi connectivity index (χ1n) is 5.48. The monoisotopic (exact) mass is 266 g/mol. The van der Waals surface area contributed by atoms with Gasteiger partial charge in [0.15, 0.2) is 0 Å². The molecule has 6 nitrogen and oxygen atoms in total. The predicted octanol–water partition coefficient (Wildman–Crippen LogP) is 0.852. The number of carboxylic acid groups (broad SMARTS) is 1. The molecule has 0 aliphatic rings. The molecule has 0 amide bonds. The van der Waals surface area contributed by atoms with Crippen molar-refractivity contribution in [2.75, 3.05) is 0 Å². The van der Waals surface area contributed by atoms with E-state index in [2.05, 4.69) is 9.44 Å². The Bertz CT molecular complexity index is 372. The largest absolute Gasteiger partial charge is 0.480 e. The first-order chi connectivity index (χ1) is 7.42. The lowest BCUT2D eigenvalue weighted by molar-refractivity contribution is -0.143. The maximum absolute atomic E-state index is 11.8. The maximum Gasteiger partial charge on any atom is 0.324 e. The zero-order chi connectivity index (χ0) is 13.9. The highest BCUT2D eigenvalue weighted by atomic mass is 32.2. The highest BCUT2D eigenvalue weighted by molar-refractivity contribution is 7.87. The van der Waals surface area contributed by atoms with Crippen LogP contribution >= 0.6 is 0 Å². The summed E-state index contributed by atoms with van der Waals surface area (Å²) >= 11 is 0. The molecule has 3 N–H and O–H groups in total. The summed E-state index contributed by atoms with van der Waals surface area (Å²) in [4.78, 5) is 11.1. The van der Waals surface area contributed by atoms with E-state index in [0.717, 1.165) is 0 Å². The number of hydrogen-bond acceptors (Lipinski definition) is 3. The summed E-state index contributed by atoms with van der Waals surface area (Å²) in [6.07, 6.45) is 0.800. The van der Waals surface area contributed by atoms with Crippen molar-refractivity contribution in [2.24, 2.45) is 0 Å². The highest BCUT2D eigenvalue weighted by Crippen LogP contribution is 2.14. The minimum atomic E-state index is -3.84. The standard InChI is InChI=1S/C10H22N2O4S/c1-6-7-10(5,8(13)14)12-17(15,16)11-9(2,3)4/h11-12H,6-7H2,1-5H3,(H,13,14). The molecule has 0 saturated carbocycles. The minimum absolute atomic E-state index is 0.230. The van der Waals surface area contributed by atoms with Crippen LogP contribution in [0.15, 0.2) is 0 Å². The molecule has 0 saturated heterocycles. The molecule has 0 heterocycles. The Balaban J connectivity index is 4.96. The van der Waals surface area contributed by atoms with Crippen molar-refractivity contribution >= 4 is 16.2 Å². The molecule has 0 aromatic rings. The summed E-state index contributed by atoms with van der Waals surface area (Å²) < 4.78 is 28.1. The van der Waals surface area contributed by atoms with Crippen LogP contribution in [-0.2, 0) is 15.0 Å². The second-order valence-electron chi connectivity index (χ2n) is 5.34. The van der Waals surface area contributed by atoms with Crippen molar-refractivity contribution in [3.05, 3.63) is 0 Å². The number of hydrogen-bond donors (Lipinski definition) is 3. The lowest BCUT2D eigenvalue weighted by atomic mass is 9.98. The SMILES string of the molecule is CCCC(C)(NS(=O)(=O)NC(C)(C)C)C(=O)O. The Kier molecular flexibility index (Phi) is 5.12. The average molecular weight is 266 g/mol. The molecular weight excluding hydrogens is 244 g/mol. The van der Waals surface area contributed by atoms with Crippen LogP contribution in [0.5, 0.6) is 0 Å². The van der Waals surface area contributed by atoms with E-state index in [0.29, 0.717) is 6.42 Å². The van der Waals surface area contributed by atoms with E-state index in [1.54, 1.807) is 27.7 Å². The number of aliphatic carboxylic acids is 1. The van der Waals surface area contributed by atoms with E-state index in [1.165, 1.54) is 6.92 Å². The summed E-state index contributed by atoms with van der Waals surface area (Å²) in [7, 11) is -3.84. The van der Waals surface area contributed by atoms with Crippen molar-refractivity contribution in [1.29, 1.82) is 0 Å². The van der Waals surface area contributed by atoms with E-state index in [4.69, 9.17) is 5.11 Å². The first-order valence-corrected chi connectivity index (χ1v) is 6.96. The van der Waals surface area contributed by atoms with E-state index in [1.807, 2.05) is 0 Å². The van der Waals surface area contributed by atoms with Gasteiger partial charge in [-0.25, -0.2) is 0 Å². The quantitative estimate of drug-likeness (QED) is 0.664. The topological polar surface area (TPSA) is 95.5 Å². The van der Waals surface area contributed by atoms with Gasteiger partial charge in [-0.2, -0.15) is 17.9 Å². The summed E-state index contributed by atoms with van der Waals surface area (Å²) in [5, 5.41) is 9.07. The third kappa shape index (κ3) is 5.99. The van der Waals surface area contributed by atoms with Crippen LogP contribution in [0.4, 0.5) is 0 Å². The molecule has 0 aromatic carbocycles. The van der Waals surface area contributed by atoms with Gasteiger partial charge in [0.05, 0.1) is 0 Å². The van der Waals surface area contributed by atoms with E-state index in [-0.39, 0.29) is 6.42 Å². The normalized spacial score (nSPS) is 16.5. The Morgan fingerprint density at radius 2 is 1.65 bits per heavy atom. The zero-order valence-corrected chi connectivity index (χ0v) is 11.8. The van der Waals surface area contributed by atoms with Gasteiger partial charge >= 0.3 is 5.97 Å². The van der Waals surface area contributed by atoms with Crippen molar-refractivity contribution < 1.29 is 18.3 Å². The van der Waals surface area contributed by atoms with Gasteiger partial charge in [0.2, 0.25) is 0 Å². The van der Waals surface area contributed by atoms with Gasteiger partial charge in [-0.1, -0.05) is 13.3 Å². The Morgan fingerprint density at radius 1 is 1.18 bits per heavy atom. The molecule has 1 atom stereocenters. The molecule has 102 valence electrons. The van der Waals surface area contributed by atoms with Crippen molar-refractivity contribution in [3.63, 3.8) is 0 Å². The Morgan fingerprint density at radius 3 is 1.94 bits per heavy atom. The van der Waals surface area contributed by atoms with Crippen LogP contribution in [-0.4, -0.2) is 30.6 Å². The van der Waals surface area contributed by atoms with Crippen LogP contribution < -0.4 is 9.44 Å². The van der Waals surface area contributed by atoms with Crippen LogP contribution in [0, 0.1) is 0 Å². The zero-order valence-electron chi connectivity index (χ0n) is 11.0.